The smallest absolute Gasteiger partial charge is 0.325 e. The van der Waals surface area contributed by atoms with Crippen LogP contribution < -0.4 is 11.1 Å². The van der Waals surface area contributed by atoms with Gasteiger partial charge in [0.15, 0.2) is 0 Å². The Morgan fingerprint density at radius 1 is 1.57 bits per heavy atom. The van der Waals surface area contributed by atoms with E-state index in [1.54, 1.807) is 0 Å². The van der Waals surface area contributed by atoms with E-state index in [9.17, 15) is 9.59 Å². The van der Waals surface area contributed by atoms with Crippen molar-refractivity contribution in [2.75, 3.05) is 13.7 Å². The number of methoxy groups -OCH3 is 1. The molecule has 2 aliphatic rings. The first-order valence-electron chi connectivity index (χ1n) is 4.68. The molecule has 1 saturated carbocycles. The standard InChI is InChI=1S/C9H14N2O3/c1-14-7(13)9(10)4-8(5-9)2-3-11-6(8)12/h2-5,10H2,1H3,(H,11,12). The molecular weight excluding hydrogens is 184 g/mol. The van der Waals surface area contributed by atoms with Crippen LogP contribution in [0.15, 0.2) is 0 Å². The maximum Gasteiger partial charge on any atom is 0.325 e. The Bertz CT molecular complexity index is 294. The van der Waals surface area contributed by atoms with Crippen molar-refractivity contribution in [3.05, 3.63) is 0 Å². The lowest BCUT2D eigenvalue weighted by Gasteiger charge is -2.48. The van der Waals surface area contributed by atoms with Crippen LogP contribution in [0.2, 0.25) is 0 Å². The molecule has 5 heteroatoms. The Kier molecular flexibility index (Phi) is 1.82. The minimum absolute atomic E-state index is 0.0301. The number of esters is 1. The molecule has 1 heterocycles. The molecule has 1 spiro atoms. The van der Waals surface area contributed by atoms with Crippen LogP contribution in [-0.4, -0.2) is 31.1 Å². The fraction of sp³-hybridized carbons (Fsp3) is 0.778. The summed E-state index contributed by atoms with van der Waals surface area (Å²) in [4.78, 5) is 22.7. The van der Waals surface area contributed by atoms with Gasteiger partial charge in [-0.05, 0) is 19.3 Å². The van der Waals surface area contributed by atoms with Crippen molar-refractivity contribution in [3.63, 3.8) is 0 Å². The number of amides is 1. The number of nitrogens with two attached hydrogens (primary N) is 1. The molecular formula is C9H14N2O3. The SMILES string of the molecule is COC(=O)C1(N)CC2(CCNC2=O)C1. The maximum atomic E-state index is 11.5. The zero-order valence-corrected chi connectivity index (χ0v) is 8.13. The van der Waals surface area contributed by atoms with Gasteiger partial charge in [-0.25, -0.2) is 0 Å². The highest BCUT2D eigenvalue weighted by molar-refractivity contribution is 5.92. The van der Waals surface area contributed by atoms with Crippen LogP contribution in [0.3, 0.4) is 0 Å². The second-order valence-corrected chi connectivity index (χ2v) is 4.29. The molecule has 0 atom stereocenters. The highest BCUT2D eigenvalue weighted by Crippen LogP contribution is 2.51. The fourth-order valence-electron chi connectivity index (χ4n) is 2.56. The van der Waals surface area contributed by atoms with E-state index < -0.39 is 11.5 Å². The summed E-state index contributed by atoms with van der Waals surface area (Å²) in [7, 11) is 1.32. The molecule has 1 aliphatic carbocycles. The molecule has 1 saturated heterocycles. The number of hydrogen-bond donors (Lipinski definition) is 2. The van der Waals surface area contributed by atoms with Crippen LogP contribution in [-0.2, 0) is 14.3 Å². The normalized spacial score (nSPS) is 40.6. The van der Waals surface area contributed by atoms with E-state index in [1.807, 2.05) is 0 Å². The molecule has 1 aliphatic heterocycles. The van der Waals surface area contributed by atoms with E-state index in [4.69, 9.17) is 5.73 Å². The Balaban J connectivity index is 2.08. The highest BCUT2D eigenvalue weighted by atomic mass is 16.5. The van der Waals surface area contributed by atoms with Crippen molar-refractivity contribution in [1.29, 1.82) is 0 Å². The number of hydrogen-bond acceptors (Lipinski definition) is 4. The third kappa shape index (κ3) is 1.05. The molecule has 5 nitrogen and oxygen atoms in total. The van der Waals surface area contributed by atoms with Crippen LogP contribution in [0, 0.1) is 5.41 Å². The second-order valence-electron chi connectivity index (χ2n) is 4.29. The van der Waals surface area contributed by atoms with Crippen molar-refractivity contribution in [2.45, 2.75) is 24.8 Å². The van der Waals surface area contributed by atoms with Gasteiger partial charge in [0.1, 0.15) is 5.54 Å². The van der Waals surface area contributed by atoms with Gasteiger partial charge in [0.25, 0.3) is 0 Å². The third-order valence-corrected chi connectivity index (χ3v) is 3.27. The summed E-state index contributed by atoms with van der Waals surface area (Å²) in [5, 5.41) is 2.76. The lowest BCUT2D eigenvalue weighted by molar-refractivity contribution is -0.160. The van der Waals surface area contributed by atoms with Gasteiger partial charge in [0, 0.05) is 6.54 Å². The molecule has 1 amide bonds. The number of rotatable bonds is 1. The van der Waals surface area contributed by atoms with Gasteiger partial charge in [0.05, 0.1) is 12.5 Å². The summed E-state index contributed by atoms with van der Waals surface area (Å²) >= 11 is 0. The molecule has 0 aromatic rings. The molecule has 0 bridgehead atoms. The van der Waals surface area contributed by atoms with Crippen LogP contribution in [0.25, 0.3) is 0 Å². The van der Waals surface area contributed by atoms with Crippen LogP contribution in [0.5, 0.6) is 0 Å². The minimum Gasteiger partial charge on any atom is -0.468 e. The molecule has 3 N–H and O–H groups in total. The Morgan fingerprint density at radius 2 is 2.21 bits per heavy atom. The molecule has 14 heavy (non-hydrogen) atoms. The van der Waals surface area contributed by atoms with Crippen LogP contribution >= 0.6 is 0 Å². The Labute approximate surface area is 82.0 Å². The highest BCUT2D eigenvalue weighted by Gasteiger charge is 2.62. The monoisotopic (exact) mass is 198 g/mol. The van der Waals surface area contributed by atoms with Gasteiger partial charge < -0.3 is 15.8 Å². The van der Waals surface area contributed by atoms with E-state index in [2.05, 4.69) is 10.1 Å². The Morgan fingerprint density at radius 3 is 2.64 bits per heavy atom. The van der Waals surface area contributed by atoms with Crippen molar-refractivity contribution in [1.82, 2.24) is 5.32 Å². The summed E-state index contributed by atoms with van der Waals surface area (Å²) in [6.07, 6.45) is 1.61. The number of carbonyl (C=O) groups excluding carboxylic acids is 2. The van der Waals surface area contributed by atoms with E-state index in [-0.39, 0.29) is 11.3 Å². The lowest BCUT2D eigenvalue weighted by atomic mass is 9.57. The average Bonchev–Trinajstić information content (AvgIpc) is 2.46. The lowest BCUT2D eigenvalue weighted by Crippen LogP contribution is -2.65. The van der Waals surface area contributed by atoms with E-state index in [1.165, 1.54) is 7.11 Å². The largest absolute Gasteiger partial charge is 0.468 e. The maximum absolute atomic E-state index is 11.5. The summed E-state index contributed by atoms with van der Waals surface area (Å²) in [5.74, 6) is -0.384. The molecule has 0 aromatic carbocycles. The van der Waals surface area contributed by atoms with Gasteiger partial charge in [-0.1, -0.05) is 0 Å². The first-order chi connectivity index (χ1) is 6.52. The fourth-order valence-corrected chi connectivity index (χ4v) is 2.56. The molecule has 0 aromatic heterocycles. The molecule has 78 valence electrons. The molecule has 2 rings (SSSR count). The third-order valence-electron chi connectivity index (χ3n) is 3.27. The van der Waals surface area contributed by atoms with Crippen molar-refractivity contribution in [3.8, 4) is 0 Å². The van der Waals surface area contributed by atoms with Crippen molar-refractivity contribution >= 4 is 11.9 Å². The molecule has 0 unspecified atom stereocenters. The van der Waals surface area contributed by atoms with Gasteiger partial charge in [0.2, 0.25) is 5.91 Å². The first-order valence-corrected chi connectivity index (χ1v) is 4.68. The summed E-state index contributed by atoms with van der Waals surface area (Å²) in [5.41, 5.74) is 4.50. The van der Waals surface area contributed by atoms with Crippen molar-refractivity contribution in [2.24, 2.45) is 11.1 Å². The summed E-state index contributed by atoms with van der Waals surface area (Å²) < 4.78 is 4.60. The minimum atomic E-state index is -0.934. The summed E-state index contributed by atoms with van der Waals surface area (Å²) in [6.45, 7) is 0.691. The van der Waals surface area contributed by atoms with Gasteiger partial charge in [-0.3, -0.25) is 9.59 Å². The predicted molar refractivity (Wildman–Crippen MR) is 48.2 cm³/mol. The van der Waals surface area contributed by atoms with E-state index >= 15 is 0 Å². The second kappa shape index (κ2) is 2.70. The molecule has 2 fully saturated rings. The number of nitrogens with one attached hydrogen (secondary N) is 1. The average molecular weight is 198 g/mol. The molecule has 0 radical (unpaired) electrons. The van der Waals surface area contributed by atoms with Gasteiger partial charge in [-0.2, -0.15) is 0 Å². The van der Waals surface area contributed by atoms with Gasteiger partial charge >= 0.3 is 5.97 Å². The Hall–Kier alpha value is -1.10. The van der Waals surface area contributed by atoms with Crippen LogP contribution in [0.1, 0.15) is 19.3 Å². The number of carbonyl (C=O) groups is 2. The van der Waals surface area contributed by atoms with E-state index in [0.717, 1.165) is 6.42 Å². The topological polar surface area (TPSA) is 81.4 Å². The van der Waals surface area contributed by atoms with Crippen LogP contribution in [0.4, 0.5) is 0 Å². The predicted octanol–water partition coefficient (Wildman–Crippen LogP) is -0.843. The summed E-state index contributed by atoms with van der Waals surface area (Å²) in [6, 6.07) is 0. The van der Waals surface area contributed by atoms with Gasteiger partial charge in [-0.15, -0.1) is 0 Å². The van der Waals surface area contributed by atoms with E-state index in [0.29, 0.717) is 19.4 Å². The number of ether oxygens (including phenoxy) is 1. The zero-order valence-electron chi connectivity index (χ0n) is 8.13. The quantitative estimate of drug-likeness (QED) is 0.538. The van der Waals surface area contributed by atoms with Crippen molar-refractivity contribution < 1.29 is 14.3 Å². The first kappa shape index (κ1) is 9.45. The zero-order chi connectivity index (χ0) is 10.4.